The molecular weight excluding hydrogens is 258 g/mol. The van der Waals surface area contributed by atoms with Gasteiger partial charge in [0.2, 0.25) is 5.88 Å². The van der Waals surface area contributed by atoms with Gasteiger partial charge in [0.15, 0.2) is 0 Å². The van der Waals surface area contributed by atoms with Crippen molar-refractivity contribution in [3.05, 3.63) is 40.8 Å². The minimum atomic E-state index is -0.357. The predicted octanol–water partition coefficient (Wildman–Crippen LogP) is 1.28. The smallest absolute Gasteiger partial charge is 0.259 e. The van der Waals surface area contributed by atoms with Gasteiger partial charge < -0.3 is 9.63 Å². The van der Waals surface area contributed by atoms with Crippen LogP contribution in [0, 0.1) is 25.7 Å². The number of aromatic nitrogens is 2. The summed E-state index contributed by atoms with van der Waals surface area (Å²) in [6.07, 6.45) is 2.95. The fourth-order valence-electron chi connectivity index (χ4n) is 1.48. The molecule has 0 atom stereocenters. The Kier molecular flexibility index (Phi) is 4.13. The molecule has 0 aliphatic carbocycles. The van der Waals surface area contributed by atoms with E-state index >= 15 is 0 Å². The van der Waals surface area contributed by atoms with E-state index in [2.05, 4.69) is 27.3 Å². The lowest BCUT2D eigenvalue weighted by molar-refractivity contribution is 0.102. The molecule has 0 spiro atoms. The van der Waals surface area contributed by atoms with Gasteiger partial charge in [-0.3, -0.25) is 15.1 Å². The molecule has 0 fully saturated rings. The lowest BCUT2D eigenvalue weighted by atomic mass is 10.2. The summed E-state index contributed by atoms with van der Waals surface area (Å²) in [5.41, 5.74) is 2.41. The molecule has 20 heavy (non-hydrogen) atoms. The van der Waals surface area contributed by atoms with Gasteiger partial charge in [0.25, 0.3) is 5.91 Å². The number of aliphatic hydroxyl groups is 1. The molecule has 102 valence electrons. The van der Waals surface area contributed by atoms with Crippen molar-refractivity contribution in [1.29, 1.82) is 0 Å². The predicted molar refractivity (Wildman–Crippen MR) is 72.1 cm³/mol. The van der Waals surface area contributed by atoms with Gasteiger partial charge in [0.1, 0.15) is 6.61 Å². The number of hydrogen-bond acceptors (Lipinski definition) is 5. The maximum Gasteiger partial charge on any atom is 0.259 e. The number of hydrogen-bond donors (Lipinski definition) is 2. The van der Waals surface area contributed by atoms with E-state index in [0.29, 0.717) is 17.0 Å². The van der Waals surface area contributed by atoms with E-state index < -0.39 is 0 Å². The Balaban J connectivity index is 2.19. The standard InChI is InChI=1S/C14H13N3O3/c1-9-10(2)17-20-14(9)16-13(19)12-6-11(4-3-5-18)7-15-8-12/h6-8,18H,5H2,1-2H3,(H,16,19). The molecule has 1 amide bonds. The van der Waals surface area contributed by atoms with Crippen molar-refractivity contribution >= 4 is 11.8 Å². The fourth-order valence-corrected chi connectivity index (χ4v) is 1.48. The summed E-state index contributed by atoms with van der Waals surface area (Å²) in [5.74, 6) is 5.15. The molecule has 2 heterocycles. The molecule has 2 rings (SSSR count). The molecule has 0 bridgehead atoms. The van der Waals surface area contributed by atoms with Crippen LogP contribution in [0.3, 0.4) is 0 Å². The van der Waals surface area contributed by atoms with E-state index in [1.807, 2.05) is 6.92 Å². The number of aliphatic hydroxyl groups excluding tert-OH is 1. The molecule has 2 aromatic heterocycles. The number of rotatable bonds is 2. The summed E-state index contributed by atoms with van der Waals surface area (Å²) >= 11 is 0. The first kappa shape index (κ1) is 13.8. The third-order valence-electron chi connectivity index (χ3n) is 2.70. The molecule has 0 radical (unpaired) electrons. The maximum atomic E-state index is 12.1. The summed E-state index contributed by atoms with van der Waals surface area (Å²) in [5, 5.41) is 15.0. The average molecular weight is 271 g/mol. The Morgan fingerprint density at radius 3 is 2.90 bits per heavy atom. The molecule has 2 N–H and O–H groups in total. The third-order valence-corrected chi connectivity index (χ3v) is 2.70. The van der Waals surface area contributed by atoms with Crippen molar-refractivity contribution in [2.75, 3.05) is 11.9 Å². The highest BCUT2D eigenvalue weighted by Gasteiger charge is 2.13. The topological polar surface area (TPSA) is 88.3 Å². The van der Waals surface area contributed by atoms with Crippen molar-refractivity contribution in [3.63, 3.8) is 0 Å². The summed E-state index contributed by atoms with van der Waals surface area (Å²) < 4.78 is 5.02. The number of anilines is 1. The highest BCUT2D eigenvalue weighted by atomic mass is 16.5. The molecular formula is C14H13N3O3. The number of nitrogens with one attached hydrogen (secondary N) is 1. The Hall–Kier alpha value is -2.65. The van der Waals surface area contributed by atoms with Gasteiger partial charge >= 0.3 is 0 Å². The van der Waals surface area contributed by atoms with Crippen LogP contribution in [0.1, 0.15) is 27.2 Å². The molecule has 6 nitrogen and oxygen atoms in total. The van der Waals surface area contributed by atoms with Crippen molar-refractivity contribution in [3.8, 4) is 11.8 Å². The highest BCUT2D eigenvalue weighted by Crippen LogP contribution is 2.18. The molecule has 0 saturated carbocycles. The number of aryl methyl sites for hydroxylation is 1. The average Bonchev–Trinajstić information content (AvgIpc) is 2.77. The third kappa shape index (κ3) is 3.02. The van der Waals surface area contributed by atoms with E-state index in [0.717, 1.165) is 11.3 Å². The second kappa shape index (κ2) is 5.99. The number of pyridine rings is 1. The Bertz CT molecular complexity index is 695. The minimum absolute atomic E-state index is 0.243. The van der Waals surface area contributed by atoms with Crippen LogP contribution in [-0.2, 0) is 0 Å². The van der Waals surface area contributed by atoms with E-state index in [4.69, 9.17) is 9.63 Å². The minimum Gasteiger partial charge on any atom is -0.384 e. The zero-order valence-corrected chi connectivity index (χ0v) is 11.1. The Morgan fingerprint density at radius 2 is 2.25 bits per heavy atom. The maximum absolute atomic E-state index is 12.1. The van der Waals surface area contributed by atoms with Gasteiger partial charge in [0, 0.05) is 23.5 Å². The number of carbonyl (C=O) groups excluding carboxylic acids is 1. The first-order valence-electron chi connectivity index (χ1n) is 5.91. The normalized spacial score (nSPS) is 9.75. The number of nitrogens with zero attached hydrogens (tertiary/aromatic N) is 2. The van der Waals surface area contributed by atoms with Crippen LogP contribution in [0.25, 0.3) is 0 Å². The van der Waals surface area contributed by atoms with E-state index in [1.165, 1.54) is 12.4 Å². The lowest BCUT2D eigenvalue weighted by Gasteiger charge is -2.02. The first-order chi connectivity index (χ1) is 9.61. The summed E-state index contributed by atoms with van der Waals surface area (Å²) in [6, 6.07) is 1.59. The summed E-state index contributed by atoms with van der Waals surface area (Å²) in [6.45, 7) is 3.36. The van der Waals surface area contributed by atoms with Crippen molar-refractivity contribution in [1.82, 2.24) is 10.1 Å². The van der Waals surface area contributed by atoms with E-state index in [1.54, 1.807) is 13.0 Å². The molecule has 0 aliphatic heterocycles. The zero-order valence-electron chi connectivity index (χ0n) is 11.1. The van der Waals surface area contributed by atoms with Gasteiger partial charge in [-0.1, -0.05) is 17.0 Å². The molecule has 6 heteroatoms. The first-order valence-corrected chi connectivity index (χ1v) is 5.91. The summed E-state index contributed by atoms with van der Waals surface area (Å²) in [4.78, 5) is 16.0. The van der Waals surface area contributed by atoms with Crippen LogP contribution in [-0.4, -0.2) is 27.8 Å². The van der Waals surface area contributed by atoms with Crippen LogP contribution < -0.4 is 5.32 Å². The summed E-state index contributed by atoms with van der Waals surface area (Å²) in [7, 11) is 0. The quantitative estimate of drug-likeness (QED) is 0.803. The van der Waals surface area contributed by atoms with Crippen LogP contribution in [0.5, 0.6) is 0 Å². The second-order valence-electron chi connectivity index (χ2n) is 4.10. The molecule has 0 aliphatic rings. The van der Waals surface area contributed by atoms with Gasteiger partial charge in [-0.2, -0.15) is 0 Å². The Labute approximate surface area is 115 Å². The number of carbonyl (C=O) groups is 1. The van der Waals surface area contributed by atoms with Gasteiger partial charge in [-0.05, 0) is 19.9 Å². The SMILES string of the molecule is Cc1noc(NC(=O)c2cncc(C#CCO)c2)c1C. The molecule has 0 unspecified atom stereocenters. The molecule has 2 aromatic rings. The van der Waals surface area contributed by atoms with Gasteiger partial charge in [-0.25, -0.2) is 0 Å². The second-order valence-corrected chi connectivity index (χ2v) is 4.10. The largest absolute Gasteiger partial charge is 0.384 e. The Morgan fingerprint density at radius 1 is 1.45 bits per heavy atom. The van der Waals surface area contributed by atoms with Gasteiger partial charge in [-0.15, -0.1) is 0 Å². The van der Waals surface area contributed by atoms with E-state index in [9.17, 15) is 4.79 Å². The highest BCUT2D eigenvalue weighted by molar-refractivity contribution is 6.03. The van der Waals surface area contributed by atoms with Crippen molar-refractivity contribution < 1.29 is 14.4 Å². The van der Waals surface area contributed by atoms with Crippen LogP contribution >= 0.6 is 0 Å². The van der Waals surface area contributed by atoms with Gasteiger partial charge in [0.05, 0.1) is 11.3 Å². The van der Waals surface area contributed by atoms with E-state index in [-0.39, 0.29) is 12.5 Å². The molecule has 0 aromatic carbocycles. The molecule has 0 saturated heterocycles. The van der Waals surface area contributed by atoms with Crippen molar-refractivity contribution in [2.45, 2.75) is 13.8 Å². The lowest BCUT2D eigenvalue weighted by Crippen LogP contribution is -2.12. The van der Waals surface area contributed by atoms with Crippen molar-refractivity contribution in [2.24, 2.45) is 0 Å². The van der Waals surface area contributed by atoms with Crippen LogP contribution in [0.2, 0.25) is 0 Å². The number of amides is 1. The fraction of sp³-hybridized carbons (Fsp3) is 0.214. The zero-order chi connectivity index (χ0) is 14.5. The van der Waals surface area contributed by atoms with Crippen LogP contribution in [0.15, 0.2) is 23.0 Å². The monoisotopic (exact) mass is 271 g/mol. The van der Waals surface area contributed by atoms with Crippen LogP contribution in [0.4, 0.5) is 5.88 Å².